The number of hydrogen-bond acceptors (Lipinski definition) is 6. The SMILES string of the molecule is C[C@H](CCC(=O)NCCCS(=O)(=O)O)C1CCC2[C@H]3C(C[C@H](O)[C@@]21C)[C@@]1(C)CC[C@@H](O)C[C@H]1C[C@H]3O. The van der Waals surface area contributed by atoms with E-state index in [1.165, 1.54) is 0 Å². The minimum absolute atomic E-state index is 0.0581. The average molecular weight is 530 g/mol. The number of rotatable bonds is 8. The van der Waals surface area contributed by atoms with Crippen LogP contribution in [0, 0.1) is 46.3 Å². The molecule has 4 fully saturated rings. The van der Waals surface area contributed by atoms with Crippen molar-refractivity contribution < 1.29 is 33.1 Å². The maximum absolute atomic E-state index is 12.3. The first kappa shape index (κ1) is 28.3. The molecule has 4 rings (SSSR count). The Morgan fingerprint density at radius 1 is 1.06 bits per heavy atom. The van der Waals surface area contributed by atoms with E-state index in [9.17, 15) is 28.5 Å². The lowest BCUT2D eigenvalue weighted by Gasteiger charge is -2.63. The standard InChI is InChI=1S/C27H47NO7S/c1-16(5-8-24(32)28-11-4-12-36(33,34)35)19-6-7-20-25-21(15-23(31)27(19,20)3)26(2)10-9-18(29)13-17(26)14-22(25)30/h16-23,25,29-31H,4-15H2,1-3H3,(H,28,32)(H,33,34,35)/t16-,17+,18-,19?,20?,21?,22-,23+,25+,26+,27-/m1/s1. The summed E-state index contributed by atoms with van der Waals surface area (Å²) in [6.07, 6.45) is 6.06. The summed E-state index contributed by atoms with van der Waals surface area (Å²) in [4.78, 5) is 12.3. The van der Waals surface area contributed by atoms with Crippen molar-refractivity contribution in [3.05, 3.63) is 0 Å². The zero-order valence-electron chi connectivity index (χ0n) is 22.1. The molecule has 0 spiro atoms. The Labute approximate surface area is 216 Å². The topological polar surface area (TPSA) is 144 Å². The van der Waals surface area contributed by atoms with Gasteiger partial charge in [-0.05, 0) is 104 Å². The smallest absolute Gasteiger partial charge is 0.264 e. The third-order valence-electron chi connectivity index (χ3n) is 11.2. The summed E-state index contributed by atoms with van der Waals surface area (Å²) in [5.41, 5.74) is -0.229. The Hall–Kier alpha value is -0.740. The monoisotopic (exact) mass is 529 g/mol. The molecule has 11 atom stereocenters. The normalized spacial score (nSPS) is 45.3. The Bertz CT molecular complexity index is 912. The summed E-state index contributed by atoms with van der Waals surface area (Å²) >= 11 is 0. The molecule has 0 radical (unpaired) electrons. The van der Waals surface area contributed by atoms with Gasteiger partial charge in [-0.2, -0.15) is 8.42 Å². The van der Waals surface area contributed by atoms with Crippen LogP contribution in [-0.4, -0.2) is 64.8 Å². The average Bonchev–Trinajstić information content (AvgIpc) is 3.15. The van der Waals surface area contributed by atoms with Gasteiger partial charge in [0.15, 0.2) is 0 Å². The van der Waals surface area contributed by atoms with Crippen LogP contribution < -0.4 is 5.32 Å². The zero-order chi connectivity index (χ0) is 26.5. The predicted molar refractivity (Wildman–Crippen MR) is 136 cm³/mol. The summed E-state index contributed by atoms with van der Waals surface area (Å²) in [5.74, 6) is 1.04. The van der Waals surface area contributed by atoms with Crippen LogP contribution in [0.2, 0.25) is 0 Å². The molecule has 0 aliphatic heterocycles. The lowest BCUT2D eigenvalue weighted by molar-refractivity contribution is -0.207. The van der Waals surface area contributed by atoms with Crippen molar-refractivity contribution in [1.29, 1.82) is 0 Å². The van der Waals surface area contributed by atoms with Gasteiger partial charge in [0.2, 0.25) is 5.91 Å². The molecule has 36 heavy (non-hydrogen) atoms. The Morgan fingerprint density at radius 2 is 1.78 bits per heavy atom. The Balaban J connectivity index is 1.39. The first-order valence-electron chi connectivity index (χ1n) is 14.0. The number of fused-ring (bicyclic) bond motifs is 5. The van der Waals surface area contributed by atoms with E-state index in [1.807, 2.05) is 0 Å². The molecule has 9 heteroatoms. The highest BCUT2D eigenvalue weighted by molar-refractivity contribution is 7.85. The fourth-order valence-corrected chi connectivity index (χ4v) is 9.77. The van der Waals surface area contributed by atoms with Crippen LogP contribution >= 0.6 is 0 Å². The third kappa shape index (κ3) is 5.24. The van der Waals surface area contributed by atoms with Crippen molar-refractivity contribution in [3.63, 3.8) is 0 Å². The maximum atomic E-state index is 12.3. The molecule has 1 amide bonds. The van der Waals surface area contributed by atoms with Gasteiger partial charge in [0.05, 0.1) is 24.1 Å². The van der Waals surface area contributed by atoms with Gasteiger partial charge < -0.3 is 20.6 Å². The van der Waals surface area contributed by atoms with E-state index in [4.69, 9.17) is 4.55 Å². The molecule has 0 aromatic heterocycles. The van der Waals surface area contributed by atoms with E-state index in [0.29, 0.717) is 25.2 Å². The van der Waals surface area contributed by atoms with Gasteiger partial charge in [0.25, 0.3) is 10.1 Å². The highest BCUT2D eigenvalue weighted by Gasteiger charge is 2.65. The molecular weight excluding hydrogens is 482 g/mol. The molecule has 3 unspecified atom stereocenters. The van der Waals surface area contributed by atoms with Gasteiger partial charge in [-0.1, -0.05) is 20.8 Å². The number of carbonyl (C=O) groups excluding carboxylic acids is 1. The summed E-state index contributed by atoms with van der Waals surface area (Å²) in [6, 6.07) is 0. The minimum atomic E-state index is -4.01. The molecule has 208 valence electrons. The van der Waals surface area contributed by atoms with Crippen LogP contribution in [0.5, 0.6) is 0 Å². The number of aliphatic hydroxyl groups excluding tert-OH is 3. The molecule has 0 saturated heterocycles. The van der Waals surface area contributed by atoms with E-state index in [0.717, 1.165) is 38.5 Å². The van der Waals surface area contributed by atoms with Gasteiger partial charge >= 0.3 is 0 Å². The summed E-state index contributed by atoms with van der Waals surface area (Å²) < 4.78 is 30.4. The number of hydrogen-bond donors (Lipinski definition) is 5. The largest absolute Gasteiger partial charge is 0.393 e. The number of nitrogens with one attached hydrogen (secondary N) is 1. The van der Waals surface area contributed by atoms with Gasteiger partial charge in [0.1, 0.15) is 0 Å². The second kappa shape index (κ2) is 10.4. The van der Waals surface area contributed by atoms with Crippen molar-refractivity contribution in [3.8, 4) is 0 Å². The highest BCUT2D eigenvalue weighted by Crippen LogP contribution is 2.68. The second-order valence-corrected chi connectivity index (χ2v) is 14.6. The van der Waals surface area contributed by atoms with E-state index in [2.05, 4.69) is 26.1 Å². The molecule has 0 bridgehead atoms. The predicted octanol–water partition coefficient (Wildman–Crippen LogP) is 2.76. The fourth-order valence-electron chi connectivity index (χ4n) is 9.26. The van der Waals surface area contributed by atoms with Crippen LogP contribution in [0.25, 0.3) is 0 Å². The molecule has 0 aromatic rings. The van der Waals surface area contributed by atoms with E-state index < -0.39 is 22.3 Å². The van der Waals surface area contributed by atoms with Crippen molar-refractivity contribution in [2.24, 2.45) is 46.3 Å². The highest BCUT2D eigenvalue weighted by atomic mass is 32.2. The molecule has 4 aliphatic rings. The third-order valence-corrected chi connectivity index (χ3v) is 12.1. The lowest BCUT2D eigenvalue weighted by atomic mass is 9.43. The zero-order valence-corrected chi connectivity index (χ0v) is 22.9. The van der Waals surface area contributed by atoms with Crippen molar-refractivity contribution in [2.45, 2.75) is 103 Å². The van der Waals surface area contributed by atoms with Gasteiger partial charge in [-0.25, -0.2) is 0 Å². The molecule has 4 saturated carbocycles. The van der Waals surface area contributed by atoms with E-state index in [-0.39, 0.29) is 71.1 Å². The van der Waals surface area contributed by atoms with Crippen LogP contribution in [0.15, 0.2) is 0 Å². The van der Waals surface area contributed by atoms with E-state index >= 15 is 0 Å². The van der Waals surface area contributed by atoms with Crippen molar-refractivity contribution in [1.82, 2.24) is 5.32 Å². The van der Waals surface area contributed by atoms with Gasteiger partial charge in [-0.3, -0.25) is 9.35 Å². The van der Waals surface area contributed by atoms with Gasteiger partial charge in [-0.15, -0.1) is 0 Å². The minimum Gasteiger partial charge on any atom is -0.393 e. The van der Waals surface area contributed by atoms with Crippen LogP contribution in [0.3, 0.4) is 0 Å². The fraction of sp³-hybridized carbons (Fsp3) is 0.963. The maximum Gasteiger partial charge on any atom is 0.264 e. The van der Waals surface area contributed by atoms with Crippen LogP contribution in [0.1, 0.15) is 85.0 Å². The molecule has 5 N–H and O–H groups in total. The summed E-state index contributed by atoms with van der Waals surface area (Å²) in [6.45, 7) is 6.94. The molecular formula is C27H47NO7S. The Kier molecular flexibility index (Phi) is 8.20. The Morgan fingerprint density at radius 3 is 2.47 bits per heavy atom. The first-order valence-corrected chi connectivity index (χ1v) is 15.6. The molecule has 0 heterocycles. The summed E-state index contributed by atoms with van der Waals surface area (Å²) in [5, 5.41) is 36.0. The van der Waals surface area contributed by atoms with Crippen LogP contribution in [-0.2, 0) is 14.9 Å². The summed E-state index contributed by atoms with van der Waals surface area (Å²) in [7, 11) is -4.01. The number of aliphatic hydroxyl groups is 3. The quantitative estimate of drug-likeness (QED) is 0.240. The van der Waals surface area contributed by atoms with Crippen molar-refractivity contribution in [2.75, 3.05) is 12.3 Å². The van der Waals surface area contributed by atoms with Crippen LogP contribution in [0.4, 0.5) is 0 Å². The molecule has 8 nitrogen and oxygen atoms in total. The van der Waals surface area contributed by atoms with E-state index in [1.54, 1.807) is 0 Å². The first-order chi connectivity index (χ1) is 16.8. The molecule has 0 aromatic carbocycles. The van der Waals surface area contributed by atoms with Gasteiger partial charge in [0, 0.05) is 13.0 Å². The number of amides is 1. The molecule has 4 aliphatic carbocycles. The van der Waals surface area contributed by atoms with Crippen molar-refractivity contribution >= 4 is 16.0 Å². The second-order valence-electron chi connectivity index (χ2n) is 13.0. The number of carbonyl (C=O) groups is 1. The lowest BCUT2D eigenvalue weighted by Crippen LogP contribution is -2.62.